The summed E-state index contributed by atoms with van der Waals surface area (Å²) >= 11 is 0. The van der Waals surface area contributed by atoms with Gasteiger partial charge in [0.2, 0.25) is 11.8 Å². The second-order valence-corrected chi connectivity index (χ2v) is 12.4. The maximum atomic E-state index is 14.0. The molecule has 2 amide bonds. The molecule has 2 saturated carbocycles. The fraction of sp³-hybridized carbons (Fsp3) is 0.586. The predicted octanol–water partition coefficient (Wildman–Crippen LogP) is -0.883. The van der Waals surface area contributed by atoms with Crippen molar-refractivity contribution in [3.8, 4) is 5.75 Å². The number of hydrogen-bond acceptors (Lipinski definition) is 11. The van der Waals surface area contributed by atoms with Gasteiger partial charge in [-0.2, -0.15) is 0 Å². The number of phenolic OH excluding ortho intramolecular Hbond substituents is 1. The van der Waals surface area contributed by atoms with Gasteiger partial charge in [-0.25, -0.2) is 0 Å². The van der Waals surface area contributed by atoms with E-state index < -0.39 is 76.0 Å². The number of nitrogens with zero attached hydrogens (tertiary/aromatic N) is 2. The zero-order chi connectivity index (χ0) is 31.4. The summed E-state index contributed by atoms with van der Waals surface area (Å²) in [5.41, 5.74) is 3.33. The first kappa shape index (κ1) is 31.3. The first-order valence-electron chi connectivity index (χ1n) is 13.9. The monoisotopic (exact) mass is 585 g/mol. The number of Topliss-reactive ketones (excluding diaryl/α,β-unsaturated/α-hetero) is 4. The molecule has 42 heavy (non-hydrogen) atoms. The van der Waals surface area contributed by atoms with Crippen molar-refractivity contribution < 1.29 is 39.0 Å². The van der Waals surface area contributed by atoms with Gasteiger partial charge in [-0.3, -0.25) is 33.7 Å². The Bertz CT molecular complexity index is 1370. The Balaban J connectivity index is 1.79. The van der Waals surface area contributed by atoms with Crippen LogP contribution in [0.1, 0.15) is 36.2 Å². The number of aliphatic hydroxyl groups is 1. The first-order chi connectivity index (χ1) is 19.5. The number of benzene rings is 1. The second kappa shape index (κ2) is 11.2. The molecule has 0 radical (unpaired) electrons. The van der Waals surface area contributed by atoms with Crippen molar-refractivity contribution in [3.63, 3.8) is 0 Å². The van der Waals surface area contributed by atoms with Gasteiger partial charge < -0.3 is 31.5 Å². The Kier molecular flexibility index (Phi) is 8.33. The fourth-order valence-electron chi connectivity index (χ4n) is 6.82. The number of carbonyl (C=O) groups excluding carboxylic acids is 6. The topological polar surface area (TPSA) is 199 Å². The van der Waals surface area contributed by atoms with Crippen LogP contribution in [-0.2, 0) is 30.4 Å². The standard InChI is InChI=1S/C29H39N5O8/c1-12(2)10-31-11-18(35)32-16-9-17(33(3)4)14-7-13-8-15-22(34(5)6)25(38)21(28(30)41)27(40)29(15,42)26(39)19(13)24(37)20(14)23(16)36/h9,12-13,15,19,21-22,31,36,42H,7-8,10-11H2,1-6H3,(H2,30,41)(H,32,35)/t13?,15?,19?,21?,22-,29-/m0/s1. The summed E-state index contributed by atoms with van der Waals surface area (Å²) in [4.78, 5) is 82.6. The van der Waals surface area contributed by atoms with Crippen LogP contribution in [0.3, 0.4) is 0 Å². The molecule has 1 aromatic rings. The molecule has 6 N–H and O–H groups in total. The number of hydrogen-bond donors (Lipinski definition) is 5. The van der Waals surface area contributed by atoms with Crippen molar-refractivity contribution >= 4 is 46.3 Å². The number of primary amides is 1. The molecule has 6 atom stereocenters. The summed E-state index contributed by atoms with van der Waals surface area (Å²) in [6.07, 6.45) is 0.0780. The average Bonchev–Trinajstić information content (AvgIpc) is 2.87. The summed E-state index contributed by atoms with van der Waals surface area (Å²) in [6, 6.07) is 0.381. The van der Waals surface area contributed by atoms with Crippen molar-refractivity contribution in [1.29, 1.82) is 0 Å². The third kappa shape index (κ3) is 4.88. The van der Waals surface area contributed by atoms with E-state index in [0.29, 0.717) is 23.7 Å². The van der Waals surface area contributed by atoms with E-state index in [1.54, 1.807) is 25.1 Å². The zero-order valence-electron chi connectivity index (χ0n) is 24.7. The van der Waals surface area contributed by atoms with Gasteiger partial charge in [0.05, 0.1) is 29.8 Å². The lowest BCUT2D eigenvalue weighted by atomic mass is 9.52. The molecule has 0 heterocycles. The van der Waals surface area contributed by atoms with Gasteiger partial charge in [-0.15, -0.1) is 0 Å². The van der Waals surface area contributed by atoms with Crippen LogP contribution in [0, 0.1) is 29.6 Å². The molecule has 1 aromatic carbocycles. The minimum atomic E-state index is -2.80. The van der Waals surface area contributed by atoms with Crippen LogP contribution in [-0.4, -0.2) is 103 Å². The molecule has 0 bridgehead atoms. The number of nitrogens with one attached hydrogen (secondary N) is 2. The zero-order valence-corrected chi connectivity index (χ0v) is 24.7. The molecular formula is C29H39N5O8. The van der Waals surface area contributed by atoms with Gasteiger partial charge in [-0.1, -0.05) is 13.8 Å². The van der Waals surface area contributed by atoms with Crippen molar-refractivity contribution in [1.82, 2.24) is 10.2 Å². The molecule has 0 aromatic heterocycles. The lowest BCUT2D eigenvalue weighted by molar-refractivity contribution is -0.181. The van der Waals surface area contributed by atoms with Gasteiger partial charge in [0.15, 0.2) is 34.7 Å². The molecule has 0 saturated heterocycles. The number of anilines is 2. The molecule has 228 valence electrons. The normalized spacial score (nSPS) is 28.8. The number of phenols is 1. The Morgan fingerprint density at radius 3 is 2.31 bits per heavy atom. The summed E-state index contributed by atoms with van der Waals surface area (Å²) in [5, 5.41) is 28.6. The van der Waals surface area contributed by atoms with Crippen molar-refractivity contribution in [2.24, 2.45) is 35.3 Å². The third-order valence-corrected chi connectivity index (χ3v) is 8.63. The van der Waals surface area contributed by atoms with E-state index in [4.69, 9.17) is 5.73 Å². The molecule has 3 aliphatic carbocycles. The van der Waals surface area contributed by atoms with Crippen LogP contribution >= 0.6 is 0 Å². The third-order valence-electron chi connectivity index (χ3n) is 8.63. The van der Waals surface area contributed by atoms with Crippen LogP contribution in [0.15, 0.2) is 6.07 Å². The number of nitrogens with two attached hydrogens (primary N) is 1. The van der Waals surface area contributed by atoms with Crippen LogP contribution in [0.2, 0.25) is 0 Å². The minimum absolute atomic E-state index is 0.0266. The average molecular weight is 586 g/mol. The number of aromatic hydroxyl groups is 1. The number of likely N-dealkylation sites (N-methyl/N-ethyl adjacent to an activating group) is 1. The van der Waals surface area contributed by atoms with Gasteiger partial charge in [0.25, 0.3) is 0 Å². The number of rotatable bonds is 8. The van der Waals surface area contributed by atoms with E-state index in [-0.39, 0.29) is 30.6 Å². The maximum absolute atomic E-state index is 14.0. The van der Waals surface area contributed by atoms with Gasteiger partial charge in [-0.05, 0) is 56.9 Å². The van der Waals surface area contributed by atoms with Crippen molar-refractivity contribution in [2.75, 3.05) is 51.5 Å². The summed E-state index contributed by atoms with van der Waals surface area (Å²) in [7, 11) is 6.53. The smallest absolute Gasteiger partial charge is 0.238 e. The summed E-state index contributed by atoms with van der Waals surface area (Å²) < 4.78 is 0. The van der Waals surface area contributed by atoms with Crippen LogP contribution in [0.25, 0.3) is 0 Å². The molecule has 0 aliphatic heterocycles. The van der Waals surface area contributed by atoms with E-state index in [1.165, 1.54) is 19.0 Å². The molecule has 4 unspecified atom stereocenters. The maximum Gasteiger partial charge on any atom is 0.238 e. The Morgan fingerprint density at radius 2 is 1.76 bits per heavy atom. The summed E-state index contributed by atoms with van der Waals surface area (Å²) in [6.45, 7) is 4.53. The number of amides is 2. The molecule has 2 fully saturated rings. The molecule has 0 spiro atoms. The first-order valence-corrected chi connectivity index (χ1v) is 13.9. The highest BCUT2D eigenvalue weighted by atomic mass is 16.3. The largest absolute Gasteiger partial charge is 0.505 e. The minimum Gasteiger partial charge on any atom is -0.505 e. The van der Waals surface area contributed by atoms with Crippen LogP contribution in [0.5, 0.6) is 5.75 Å². The highest BCUT2D eigenvalue weighted by Gasteiger charge is 2.69. The Hall–Kier alpha value is -3.68. The molecule has 13 nitrogen and oxygen atoms in total. The lowest BCUT2D eigenvalue weighted by Gasteiger charge is -2.52. The second-order valence-electron chi connectivity index (χ2n) is 12.4. The Labute approximate surface area is 243 Å². The number of ketones is 4. The van der Waals surface area contributed by atoms with Gasteiger partial charge in [0, 0.05) is 25.7 Å². The van der Waals surface area contributed by atoms with Gasteiger partial charge in [0.1, 0.15) is 5.75 Å². The van der Waals surface area contributed by atoms with E-state index in [0.717, 1.165) is 0 Å². The highest BCUT2D eigenvalue weighted by molar-refractivity contribution is 6.32. The molecule has 3 aliphatic rings. The Morgan fingerprint density at radius 1 is 1.12 bits per heavy atom. The van der Waals surface area contributed by atoms with E-state index >= 15 is 0 Å². The highest BCUT2D eigenvalue weighted by Crippen LogP contribution is 2.52. The van der Waals surface area contributed by atoms with Crippen LogP contribution < -0.4 is 21.3 Å². The molecule has 4 rings (SSSR count). The predicted molar refractivity (Wildman–Crippen MR) is 152 cm³/mol. The number of carbonyl (C=O) groups is 6. The quantitative estimate of drug-likeness (QED) is 0.187. The SMILES string of the molecule is CC(C)CNCC(=O)Nc1cc(N(C)C)c2c(c1O)C(=O)C1C(=O)[C@]3(O)C(=O)C(C(N)=O)C(=O)[C@@H](N(C)C)C3CC1C2. The summed E-state index contributed by atoms with van der Waals surface area (Å²) in [5.74, 6) is -11.5. The van der Waals surface area contributed by atoms with E-state index in [9.17, 15) is 39.0 Å². The van der Waals surface area contributed by atoms with E-state index in [2.05, 4.69) is 10.6 Å². The van der Waals surface area contributed by atoms with E-state index in [1.807, 2.05) is 13.8 Å². The van der Waals surface area contributed by atoms with Crippen molar-refractivity contribution in [2.45, 2.75) is 38.3 Å². The van der Waals surface area contributed by atoms with Gasteiger partial charge >= 0.3 is 0 Å². The lowest BCUT2D eigenvalue weighted by Crippen LogP contribution is -2.74. The molecule has 13 heteroatoms. The molecular weight excluding hydrogens is 546 g/mol. The fourth-order valence-corrected chi connectivity index (χ4v) is 6.82. The van der Waals surface area contributed by atoms with Crippen molar-refractivity contribution in [3.05, 3.63) is 17.2 Å². The number of fused-ring (bicyclic) bond motifs is 3. The van der Waals surface area contributed by atoms with Crippen LogP contribution in [0.4, 0.5) is 11.4 Å².